The number of fused-ring (bicyclic) bond motifs is 1. The molecule has 0 aliphatic heterocycles. The number of hydrogen-bond acceptors (Lipinski definition) is 6. The molecular weight excluding hydrogens is 356 g/mol. The number of H-pyrrole nitrogens is 1. The molecule has 0 radical (unpaired) electrons. The van der Waals surface area contributed by atoms with Crippen molar-refractivity contribution in [2.24, 2.45) is 0 Å². The molecule has 1 aromatic carbocycles. The second-order valence-electron chi connectivity index (χ2n) is 6.14. The number of esters is 1. The molecule has 3 heterocycles. The van der Waals surface area contributed by atoms with Gasteiger partial charge in [0.2, 0.25) is 0 Å². The molecule has 0 bridgehead atoms. The van der Waals surface area contributed by atoms with E-state index in [9.17, 15) is 4.79 Å². The molecule has 8 heteroatoms. The molecule has 1 unspecified atom stereocenters. The number of nitrogens with zero attached hydrogens (tertiary/aromatic N) is 5. The average Bonchev–Trinajstić information content (AvgIpc) is 3.40. The average molecular weight is 372 g/mol. The highest BCUT2D eigenvalue weighted by Crippen LogP contribution is 2.25. The van der Waals surface area contributed by atoms with E-state index in [1.807, 2.05) is 42.5 Å². The second-order valence-corrected chi connectivity index (χ2v) is 6.14. The normalized spacial score (nSPS) is 11.8. The first-order chi connectivity index (χ1) is 13.8. The van der Waals surface area contributed by atoms with E-state index in [0.29, 0.717) is 11.3 Å². The van der Waals surface area contributed by atoms with Crippen LogP contribution in [-0.4, -0.2) is 30.7 Å². The van der Waals surface area contributed by atoms with E-state index >= 15 is 0 Å². The van der Waals surface area contributed by atoms with E-state index in [4.69, 9.17) is 10.00 Å². The summed E-state index contributed by atoms with van der Waals surface area (Å²) in [4.78, 5) is 24.1. The van der Waals surface area contributed by atoms with Crippen LogP contribution >= 0.6 is 0 Å². The van der Waals surface area contributed by atoms with Crippen LogP contribution in [0.1, 0.15) is 18.0 Å². The predicted molar refractivity (Wildman–Crippen MR) is 101 cm³/mol. The smallest absolute Gasteiger partial charge is 0.332 e. The molecule has 1 atom stereocenters. The van der Waals surface area contributed by atoms with Crippen LogP contribution in [0, 0.1) is 11.3 Å². The number of carbonyl (C=O) groups is 1. The van der Waals surface area contributed by atoms with Crippen LogP contribution in [0.2, 0.25) is 0 Å². The third kappa shape index (κ3) is 3.46. The lowest BCUT2D eigenvalue weighted by atomic mass is 10.2. The zero-order chi connectivity index (χ0) is 19.3. The third-order valence-corrected chi connectivity index (χ3v) is 4.33. The van der Waals surface area contributed by atoms with Crippen LogP contribution in [0.25, 0.3) is 22.3 Å². The van der Waals surface area contributed by atoms with Crippen molar-refractivity contribution in [2.45, 2.75) is 19.1 Å². The number of aromatic nitrogens is 5. The standard InChI is InChI=1S/C20H16N6O2/c21-8-6-17(20(27)28-12-14-4-2-1-3-5-14)26-11-15(10-25-26)18-16-7-9-22-19(16)24-13-23-18/h1-5,7,9-11,13,17H,6,12H2,(H,22,23,24). The largest absolute Gasteiger partial charge is 0.459 e. The lowest BCUT2D eigenvalue weighted by Gasteiger charge is -2.13. The number of rotatable bonds is 6. The number of aromatic amines is 1. The number of hydrogen-bond donors (Lipinski definition) is 1. The Hall–Kier alpha value is -3.99. The van der Waals surface area contributed by atoms with E-state index < -0.39 is 12.0 Å². The number of nitriles is 1. The summed E-state index contributed by atoms with van der Waals surface area (Å²) >= 11 is 0. The summed E-state index contributed by atoms with van der Waals surface area (Å²) in [6, 6.07) is 12.5. The van der Waals surface area contributed by atoms with Gasteiger partial charge in [-0.25, -0.2) is 14.8 Å². The highest BCUT2D eigenvalue weighted by Gasteiger charge is 2.24. The van der Waals surface area contributed by atoms with Crippen LogP contribution in [0.3, 0.4) is 0 Å². The van der Waals surface area contributed by atoms with Crippen molar-refractivity contribution in [3.63, 3.8) is 0 Å². The van der Waals surface area contributed by atoms with E-state index in [1.54, 1.807) is 18.6 Å². The number of benzene rings is 1. The first-order valence-corrected chi connectivity index (χ1v) is 8.66. The molecule has 1 N–H and O–H groups in total. The molecule has 0 saturated carbocycles. The molecule has 0 aliphatic rings. The van der Waals surface area contributed by atoms with E-state index in [1.165, 1.54) is 11.0 Å². The molecule has 8 nitrogen and oxygen atoms in total. The van der Waals surface area contributed by atoms with Gasteiger partial charge in [-0.3, -0.25) is 4.68 Å². The van der Waals surface area contributed by atoms with Crippen LogP contribution in [-0.2, 0) is 16.1 Å². The maximum atomic E-state index is 12.6. The first kappa shape index (κ1) is 17.4. The molecule has 4 rings (SSSR count). The topological polar surface area (TPSA) is 109 Å². The van der Waals surface area contributed by atoms with Gasteiger partial charge in [0.05, 0.1) is 24.4 Å². The lowest BCUT2D eigenvalue weighted by Crippen LogP contribution is -2.22. The van der Waals surface area contributed by atoms with E-state index in [0.717, 1.165) is 16.5 Å². The summed E-state index contributed by atoms with van der Waals surface area (Å²) in [6.07, 6.45) is 6.52. The van der Waals surface area contributed by atoms with Crippen molar-refractivity contribution in [1.29, 1.82) is 5.26 Å². The summed E-state index contributed by atoms with van der Waals surface area (Å²) in [7, 11) is 0. The van der Waals surface area contributed by atoms with Crippen LogP contribution in [0.5, 0.6) is 0 Å². The predicted octanol–water partition coefficient (Wildman–Crippen LogP) is 3.02. The Kier molecular flexibility index (Phi) is 4.80. The fourth-order valence-corrected chi connectivity index (χ4v) is 2.93. The highest BCUT2D eigenvalue weighted by molar-refractivity contribution is 5.90. The van der Waals surface area contributed by atoms with Gasteiger partial charge in [-0.2, -0.15) is 10.4 Å². The summed E-state index contributed by atoms with van der Waals surface area (Å²) in [5.74, 6) is -0.505. The maximum absolute atomic E-state index is 12.6. The minimum atomic E-state index is -0.828. The van der Waals surface area contributed by atoms with Crippen molar-refractivity contribution in [3.05, 3.63) is 66.9 Å². The first-order valence-electron chi connectivity index (χ1n) is 8.66. The lowest BCUT2D eigenvalue weighted by molar-refractivity contribution is -0.149. The van der Waals surface area contributed by atoms with Gasteiger partial charge < -0.3 is 9.72 Å². The molecule has 0 saturated heterocycles. The zero-order valence-electron chi connectivity index (χ0n) is 14.8. The zero-order valence-corrected chi connectivity index (χ0v) is 14.8. The van der Waals surface area contributed by atoms with Gasteiger partial charge in [0, 0.05) is 23.3 Å². The van der Waals surface area contributed by atoms with Crippen molar-refractivity contribution in [2.75, 3.05) is 0 Å². The van der Waals surface area contributed by atoms with Crippen LogP contribution in [0.4, 0.5) is 0 Å². The Balaban J connectivity index is 1.56. The van der Waals surface area contributed by atoms with Crippen molar-refractivity contribution in [1.82, 2.24) is 24.7 Å². The van der Waals surface area contributed by atoms with Gasteiger partial charge in [0.15, 0.2) is 6.04 Å². The molecule has 3 aromatic heterocycles. The molecule has 0 amide bonds. The summed E-state index contributed by atoms with van der Waals surface area (Å²) in [6.45, 7) is 0.144. The molecule has 28 heavy (non-hydrogen) atoms. The number of carbonyl (C=O) groups excluding carboxylic acids is 1. The Morgan fingerprint density at radius 3 is 2.93 bits per heavy atom. The maximum Gasteiger partial charge on any atom is 0.332 e. The quantitative estimate of drug-likeness (QED) is 0.521. The van der Waals surface area contributed by atoms with Gasteiger partial charge in [-0.05, 0) is 11.6 Å². The second kappa shape index (κ2) is 7.72. The minimum Gasteiger partial charge on any atom is -0.459 e. The van der Waals surface area contributed by atoms with E-state index in [2.05, 4.69) is 20.1 Å². The van der Waals surface area contributed by atoms with Gasteiger partial charge in [-0.1, -0.05) is 30.3 Å². The molecule has 4 aromatic rings. The SMILES string of the molecule is N#CCC(C(=O)OCc1ccccc1)n1cc(-c2ncnc3[nH]ccc23)cn1. The fourth-order valence-electron chi connectivity index (χ4n) is 2.93. The molecule has 0 spiro atoms. The summed E-state index contributed by atoms with van der Waals surface area (Å²) in [5, 5.41) is 14.3. The highest BCUT2D eigenvalue weighted by atomic mass is 16.5. The van der Waals surface area contributed by atoms with Crippen LogP contribution in [0.15, 0.2) is 61.3 Å². The molecule has 0 fully saturated rings. The Bertz CT molecular complexity index is 1140. The minimum absolute atomic E-state index is 0.0436. The number of ether oxygens (including phenoxy) is 1. The van der Waals surface area contributed by atoms with Gasteiger partial charge in [0.1, 0.15) is 18.6 Å². The monoisotopic (exact) mass is 372 g/mol. The Labute approximate surface area is 160 Å². The van der Waals surface area contributed by atoms with Crippen molar-refractivity contribution >= 4 is 17.0 Å². The van der Waals surface area contributed by atoms with Crippen molar-refractivity contribution in [3.8, 4) is 17.3 Å². The molecular formula is C20H16N6O2. The van der Waals surface area contributed by atoms with Gasteiger partial charge >= 0.3 is 5.97 Å². The summed E-state index contributed by atoms with van der Waals surface area (Å²) < 4.78 is 6.84. The Morgan fingerprint density at radius 2 is 2.11 bits per heavy atom. The van der Waals surface area contributed by atoms with Crippen LogP contribution < -0.4 is 0 Å². The Morgan fingerprint density at radius 1 is 1.25 bits per heavy atom. The van der Waals surface area contributed by atoms with Gasteiger partial charge in [0.25, 0.3) is 0 Å². The summed E-state index contributed by atoms with van der Waals surface area (Å²) in [5.41, 5.74) is 3.02. The molecule has 0 aliphatic carbocycles. The fraction of sp³-hybridized carbons (Fsp3) is 0.150. The van der Waals surface area contributed by atoms with E-state index in [-0.39, 0.29) is 13.0 Å². The third-order valence-electron chi connectivity index (χ3n) is 4.33. The van der Waals surface area contributed by atoms with Crippen molar-refractivity contribution < 1.29 is 9.53 Å². The van der Waals surface area contributed by atoms with Gasteiger partial charge in [-0.15, -0.1) is 0 Å². The molecule has 138 valence electrons. The number of nitrogens with one attached hydrogen (secondary N) is 1.